The van der Waals surface area contributed by atoms with E-state index in [1.54, 1.807) is 18.3 Å². The van der Waals surface area contributed by atoms with Gasteiger partial charge in [0.15, 0.2) is 0 Å². The Morgan fingerprint density at radius 1 is 0.905 bits per heavy atom. The van der Waals surface area contributed by atoms with Crippen LogP contribution < -0.4 is 0 Å². The highest BCUT2D eigenvalue weighted by atomic mass is 79.9. The van der Waals surface area contributed by atoms with Gasteiger partial charge in [0.1, 0.15) is 11.6 Å². The van der Waals surface area contributed by atoms with Crippen molar-refractivity contribution in [3.05, 3.63) is 65.3 Å². The average Bonchev–Trinajstić information content (AvgIpc) is 2.80. The van der Waals surface area contributed by atoms with Crippen molar-refractivity contribution in [1.82, 2.24) is 9.55 Å². The van der Waals surface area contributed by atoms with Crippen LogP contribution >= 0.6 is 15.9 Å². The molecule has 4 aromatic rings. The zero-order valence-corrected chi connectivity index (χ0v) is 12.6. The second kappa shape index (κ2) is 4.60. The highest BCUT2D eigenvalue weighted by Crippen LogP contribution is 2.34. The van der Waals surface area contributed by atoms with Crippen molar-refractivity contribution in [2.75, 3.05) is 0 Å². The average molecular weight is 339 g/mol. The van der Waals surface area contributed by atoms with E-state index in [-0.39, 0.29) is 5.75 Å². The van der Waals surface area contributed by atoms with Crippen LogP contribution in [0.2, 0.25) is 0 Å². The third-order valence-electron chi connectivity index (χ3n) is 3.59. The fourth-order valence-electron chi connectivity index (χ4n) is 2.71. The van der Waals surface area contributed by atoms with Crippen LogP contribution in [-0.4, -0.2) is 14.7 Å². The smallest absolute Gasteiger partial charge is 0.137 e. The Labute approximate surface area is 129 Å². The SMILES string of the molecule is Oc1ccc2c3ccc(Br)cc3n(-c3ccccn3)c2c1. The third kappa shape index (κ3) is 1.91. The number of halogens is 1. The minimum absolute atomic E-state index is 0.251. The quantitative estimate of drug-likeness (QED) is 0.548. The molecule has 0 atom stereocenters. The van der Waals surface area contributed by atoms with Gasteiger partial charge in [0, 0.05) is 27.5 Å². The van der Waals surface area contributed by atoms with Crippen molar-refractivity contribution >= 4 is 37.7 Å². The van der Waals surface area contributed by atoms with Gasteiger partial charge < -0.3 is 5.11 Å². The lowest BCUT2D eigenvalue weighted by atomic mass is 10.1. The molecule has 0 unspecified atom stereocenters. The summed E-state index contributed by atoms with van der Waals surface area (Å²) in [6.07, 6.45) is 1.77. The maximum atomic E-state index is 9.84. The molecule has 4 rings (SSSR count). The summed E-state index contributed by atoms with van der Waals surface area (Å²) in [4.78, 5) is 4.45. The molecular weight excluding hydrogens is 328 g/mol. The molecule has 2 heterocycles. The number of phenols is 1. The molecule has 0 aliphatic carbocycles. The molecule has 2 aromatic heterocycles. The molecule has 0 aliphatic heterocycles. The van der Waals surface area contributed by atoms with Gasteiger partial charge in [-0.15, -0.1) is 0 Å². The topological polar surface area (TPSA) is 38.0 Å². The van der Waals surface area contributed by atoms with Gasteiger partial charge in [-0.1, -0.05) is 28.1 Å². The maximum absolute atomic E-state index is 9.84. The van der Waals surface area contributed by atoms with Crippen molar-refractivity contribution in [2.45, 2.75) is 0 Å². The molecule has 21 heavy (non-hydrogen) atoms. The van der Waals surface area contributed by atoms with Crippen molar-refractivity contribution in [2.24, 2.45) is 0 Å². The van der Waals surface area contributed by atoms with E-state index in [2.05, 4.69) is 37.6 Å². The Morgan fingerprint density at radius 2 is 1.67 bits per heavy atom. The highest BCUT2D eigenvalue weighted by Gasteiger charge is 2.13. The first-order chi connectivity index (χ1) is 10.2. The second-order valence-corrected chi connectivity index (χ2v) is 5.80. The number of fused-ring (bicyclic) bond motifs is 3. The van der Waals surface area contributed by atoms with Gasteiger partial charge >= 0.3 is 0 Å². The molecule has 0 saturated heterocycles. The summed E-state index contributed by atoms with van der Waals surface area (Å²) in [5.74, 6) is 1.09. The molecular formula is C17H11BrN2O. The molecule has 1 N–H and O–H groups in total. The summed E-state index contributed by atoms with van der Waals surface area (Å²) < 4.78 is 3.08. The summed E-state index contributed by atoms with van der Waals surface area (Å²) in [5, 5.41) is 12.1. The Morgan fingerprint density at radius 3 is 2.43 bits per heavy atom. The van der Waals surface area contributed by atoms with Gasteiger partial charge in [-0.25, -0.2) is 4.98 Å². The molecule has 2 aromatic carbocycles. The van der Waals surface area contributed by atoms with Crippen molar-refractivity contribution in [3.63, 3.8) is 0 Å². The number of hydrogen-bond donors (Lipinski definition) is 1. The van der Waals surface area contributed by atoms with Crippen LogP contribution in [0.1, 0.15) is 0 Å². The van der Waals surface area contributed by atoms with Crippen LogP contribution in [0.25, 0.3) is 27.6 Å². The lowest BCUT2D eigenvalue weighted by Crippen LogP contribution is -1.96. The Balaban J connectivity index is 2.24. The zero-order chi connectivity index (χ0) is 14.4. The Hall–Kier alpha value is -2.33. The predicted molar refractivity (Wildman–Crippen MR) is 87.9 cm³/mol. The fraction of sp³-hybridized carbons (Fsp3) is 0. The molecule has 102 valence electrons. The number of rotatable bonds is 1. The second-order valence-electron chi connectivity index (χ2n) is 4.89. The molecule has 0 saturated carbocycles. The summed E-state index contributed by atoms with van der Waals surface area (Å²) in [7, 11) is 0. The minimum atomic E-state index is 0.251. The predicted octanol–water partition coefficient (Wildman–Crippen LogP) is 4.65. The van der Waals surface area contributed by atoms with E-state index in [0.717, 1.165) is 32.1 Å². The monoisotopic (exact) mass is 338 g/mol. The van der Waals surface area contributed by atoms with Gasteiger partial charge in [0.05, 0.1) is 11.0 Å². The van der Waals surface area contributed by atoms with E-state index in [1.807, 2.05) is 30.3 Å². The lowest BCUT2D eigenvalue weighted by molar-refractivity contribution is 0.476. The van der Waals surface area contributed by atoms with E-state index in [0.29, 0.717) is 0 Å². The Bertz CT molecular complexity index is 902. The van der Waals surface area contributed by atoms with Crippen molar-refractivity contribution in [1.29, 1.82) is 0 Å². The minimum Gasteiger partial charge on any atom is -0.508 e. The normalized spacial score (nSPS) is 11.3. The van der Waals surface area contributed by atoms with Crippen LogP contribution in [-0.2, 0) is 0 Å². The lowest BCUT2D eigenvalue weighted by Gasteiger charge is -2.06. The van der Waals surface area contributed by atoms with E-state index >= 15 is 0 Å². The van der Waals surface area contributed by atoms with Gasteiger partial charge in [-0.2, -0.15) is 0 Å². The van der Waals surface area contributed by atoms with Crippen LogP contribution in [0.4, 0.5) is 0 Å². The number of aromatic nitrogens is 2. The van der Waals surface area contributed by atoms with Crippen LogP contribution in [0.15, 0.2) is 65.3 Å². The molecule has 0 spiro atoms. The molecule has 4 heteroatoms. The van der Waals surface area contributed by atoms with E-state index in [9.17, 15) is 5.11 Å². The van der Waals surface area contributed by atoms with E-state index in [1.165, 1.54) is 0 Å². The number of benzene rings is 2. The van der Waals surface area contributed by atoms with Crippen LogP contribution in [0, 0.1) is 0 Å². The van der Waals surface area contributed by atoms with Gasteiger partial charge in [-0.3, -0.25) is 4.57 Å². The van der Waals surface area contributed by atoms with Gasteiger partial charge in [-0.05, 0) is 36.4 Å². The number of pyridine rings is 1. The van der Waals surface area contributed by atoms with Crippen LogP contribution in [0.5, 0.6) is 5.75 Å². The first-order valence-corrected chi connectivity index (χ1v) is 7.37. The summed E-state index contributed by atoms with van der Waals surface area (Å²) in [6, 6.07) is 17.4. The first kappa shape index (κ1) is 12.4. The molecule has 0 fully saturated rings. The van der Waals surface area contributed by atoms with Gasteiger partial charge in [0.2, 0.25) is 0 Å². The summed E-state index contributed by atoms with van der Waals surface area (Å²) in [5.41, 5.74) is 2.01. The molecule has 0 amide bonds. The molecule has 3 nitrogen and oxygen atoms in total. The maximum Gasteiger partial charge on any atom is 0.137 e. The number of phenolic OH excluding ortho intramolecular Hbond substituents is 1. The first-order valence-electron chi connectivity index (χ1n) is 6.58. The zero-order valence-electron chi connectivity index (χ0n) is 11.0. The summed E-state index contributed by atoms with van der Waals surface area (Å²) >= 11 is 3.53. The van der Waals surface area contributed by atoms with Crippen LogP contribution in [0.3, 0.4) is 0 Å². The molecule has 0 aliphatic rings. The number of nitrogens with zero attached hydrogens (tertiary/aromatic N) is 2. The third-order valence-corrected chi connectivity index (χ3v) is 4.08. The van der Waals surface area contributed by atoms with Crippen molar-refractivity contribution < 1.29 is 5.11 Å². The Kier molecular flexibility index (Phi) is 2.72. The summed E-state index contributed by atoms with van der Waals surface area (Å²) in [6.45, 7) is 0. The highest BCUT2D eigenvalue weighted by molar-refractivity contribution is 9.10. The molecule has 0 bridgehead atoms. The fourth-order valence-corrected chi connectivity index (χ4v) is 3.06. The van der Waals surface area contributed by atoms with E-state index in [4.69, 9.17) is 0 Å². The van der Waals surface area contributed by atoms with Crippen molar-refractivity contribution in [3.8, 4) is 11.6 Å². The largest absolute Gasteiger partial charge is 0.508 e. The number of aromatic hydroxyl groups is 1. The van der Waals surface area contributed by atoms with E-state index < -0.39 is 0 Å². The number of hydrogen-bond acceptors (Lipinski definition) is 2. The van der Waals surface area contributed by atoms with Gasteiger partial charge in [0.25, 0.3) is 0 Å². The molecule has 0 radical (unpaired) electrons. The standard InChI is InChI=1S/C17H11BrN2O/c18-11-4-6-13-14-7-5-12(21)10-16(14)20(15(13)9-11)17-3-1-2-8-19-17/h1-10,21H.